The largest absolute Gasteiger partial charge is 0.350 e. The minimum atomic E-state index is 0. The predicted octanol–water partition coefficient (Wildman–Crippen LogP) is 2.72. The molecule has 1 fully saturated rings. The zero-order chi connectivity index (χ0) is 13.8. The van der Waals surface area contributed by atoms with Gasteiger partial charge in [0, 0.05) is 6.42 Å². The number of halogens is 1. The van der Waals surface area contributed by atoms with Crippen molar-refractivity contribution in [2.45, 2.75) is 25.8 Å². The summed E-state index contributed by atoms with van der Waals surface area (Å²) >= 11 is 1.65. The Bertz CT molecular complexity index is 562. The third-order valence-electron chi connectivity index (χ3n) is 3.72. The van der Waals surface area contributed by atoms with Gasteiger partial charge >= 0.3 is 0 Å². The number of benzene rings is 1. The topological polar surface area (TPSA) is 54.0 Å². The molecule has 2 N–H and O–H groups in total. The molecule has 1 unspecified atom stereocenters. The van der Waals surface area contributed by atoms with E-state index in [1.165, 1.54) is 11.1 Å². The molecule has 0 saturated carbocycles. The second kappa shape index (κ2) is 7.73. The molecular weight excluding hydrogens is 306 g/mol. The van der Waals surface area contributed by atoms with Crippen molar-refractivity contribution in [1.29, 1.82) is 0 Å². The SMILES string of the molecule is Cl.O=C(CCC1CCNC1)NCc1nc2ccccc2s1. The van der Waals surface area contributed by atoms with Crippen LogP contribution >= 0.6 is 23.7 Å². The number of amides is 1. The van der Waals surface area contributed by atoms with Gasteiger partial charge in [0.05, 0.1) is 16.8 Å². The van der Waals surface area contributed by atoms with Crippen molar-refractivity contribution in [3.63, 3.8) is 0 Å². The lowest BCUT2D eigenvalue weighted by molar-refractivity contribution is -0.121. The summed E-state index contributed by atoms with van der Waals surface area (Å²) in [6, 6.07) is 8.06. The summed E-state index contributed by atoms with van der Waals surface area (Å²) in [5.41, 5.74) is 1.01. The number of hydrogen-bond donors (Lipinski definition) is 2. The lowest BCUT2D eigenvalue weighted by Gasteiger charge is -2.07. The van der Waals surface area contributed by atoms with E-state index in [1.54, 1.807) is 11.3 Å². The van der Waals surface area contributed by atoms with E-state index in [1.807, 2.05) is 18.2 Å². The van der Waals surface area contributed by atoms with Crippen molar-refractivity contribution in [3.8, 4) is 0 Å². The van der Waals surface area contributed by atoms with Crippen LogP contribution in [0.2, 0.25) is 0 Å². The molecule has 4 nitrogen and oxygen atoms in total. The van der Waals surface area contributed by atoms with Crippen LogP contribution in [0.25, 0.3) is 10.2 Å². The fourth-order valence-electron chi connectivity index (χ4n) is 2.55. The van der Waals surface area contributed by atoms with Crippen LogP contribution < -0.4 is 10.6 Å². The van der Waals surface area contributed by atoms with E-state index in [2.05, 4.69) is 21.7 Å². The average molecular weight is 326 g/mol. The van der Waals surface area contributed by atoms with Crippen LogP contribution in [0.3, 0.4) is 0 Å². The van der Waals surface area contributed by atoms with Gasteiger partial charge in [0.15, 0.2) is 0 Å². The van der Waals surface area contributed by atoms with Gasteiger partial charge in [0.25, 0.3) is 0 Å². The minimum absolute atomic E-state index is 0. The Morgan fingerprint density at radius 2 is 2.29 bits per heavy atom. The Kier molecular flexibility index (Phi) is 5.96. The molecule has 0 radical (unpaired) electrons. The Labute approximate surface area is 134 Å². The number of nitrogens with zero attached hydrogens (tertiary/aromatic N) is 1. The number of thiazole rings is 1. The van der Waals surface area contributed by atoms with Gasteiger partial charge < -0.3 is 10.6 Å². The summed E-state index contributed by atoms with van der Waals surface area (Å²) in [5, 5.41) is 7.28. The van der Waals surface area contributed by atoms with Crippen molar-refractivity contribution in [3.05, 3.63) is 29.3 Å². The van der Waals surface area contributed by atoms with Crippen LogP contribution in [-0.2, 0) is 11.3 Å². The van der Waals surface area contributed by atoms with E-state index in [0.717, 1.165) is 30.0 Å². The van der Waals surface area contributed by atoms with Crippen molar-refractivity contribution in [2.75, 3.05) is 13.1 Å². The molecule has 1 amide bonds. The second-order valence-electron chi connectivity index (χ2n) is 5.25. The quantitative estimate of drug-likeness (QED) is 0.888. The molecule has 3 rings (SSSR count). The maximum atomic E-state index is 11.8. The lowest BCUT2D eigenvalue weighted by Crippen LogP contribution is -2.23. The van der Waals surface area contributed by atoms with Crippen LogP contribution in [0.15, 0.2) is 24.3 Å². The summed E-state index contributed by atoms with van der Waals surface area (Å²) in [4.78, 5) is 16.3. The van der Waals surface area contributed by atoms with Gasteiger partial charge in [-0.1, -0.05) is 12.1 Å². The Morgan fingerprint density at radius 1 is 1.43 bits per heavy atom. The molecule has 0 spiro atoms. The minimum Gasteiger partial charge on any atom is -0.350 e. The van der Waals surface area contributed by atoms with Gasteiger partial charge in [-0.15, -0.1) is 23.7 Å². The highest BCUT2D eigenvalue weighted by atomic mass is 35.5. The molecule has 2 heterocycles. The Balaban J connectivity index is 0.00000161. The number of carbonyl (C=O) groups is 1. The Hall–Kier alpha value is -1.17. The van der Waals surface area contributed by atoms with Crippen molar-refractivity contribution in [2.24, 2.45) is 5.92 Å². The molecule has 1 atom stereocenters. The number of rotatable bonds is 5. The molecule has 1 aromatic carbocycles. The molecule has 0 bridgehead atoms. The normalized spacial score (nSPS) is 17.6. The second-order valence-corrected chi connectivity index (χ2v) is 6.36. The standard InChI is InChI=1S/C15H19N3OS.ClH/c19-14(6-5-11-7-8-16-9-11)17-10-15-18-12-3-1-2-4-13(12)20-15;/h1-4,11,16H,5-10H2,(H,17,19);1H. The molecule has 2 aromatic rings. The van der Waals surface area contributed by atoms with E-state index in [4.69, 9.17) is 0 Å². The van der Waals surface area contributed by atoms with Gasteiger partial charge in [-0.2, -0.15) is 0 Å². The summed E-state index contributed by atoms with van der Waals surface area (Å²) < 4.78 is 1.17. The Morgan fingerprint density at radius 3 is 3.05 bits per heavy atom. The zero-order valence-electron chi connectivity index (χ0n) is 11.8. The highest BCUT2D eigenvalue weighted by molar-refractivity contribution is 7.18. The van der Waals surface area contributed by atoms with Crippen molar-refractivity contribution in [1.82, 2.24) is 15.6 Å². The first-order valence-electron chi connectivity index (χ1n) is 7.13. The van der Waals surface area contributed by atoms with Crippen LogP contribution in [0, 0.1) is 5.92 Å². The lowest BCUT2D eigenvalue weighted by atomic mass is 10.0. The predicted molar refractivity (Wildman–Crippen MR) is 88.9 cm³/mol. The maximum Gasteiger partial charge on any atom is 0.220 e. The molecule has 21 heavy (non-hydrogen) atoms. The number of hydrogen-bond acceptors (Lipinski definition) is 4. The molecular formula is C15H20ClN3OS. The third kappa shape index (κ3) is 4.40. The van der Waals surface area contributed by atoms with Gasteiger partial charge in [-0.25, -0.2) is 4.98 Å². The maximum absolute atomic E-state index is 11.8. The van der Waals surface area contributed by atoms with Crippen molar-refractivity contribution >= 4 is 39.9 Å². The molecule has 114 valence electrons. The van der Waals surface area contributed by atoms with Crippen LogP contribution in [-0.4, -0.2) is 24.0 Å². The van der Waals surface area contributed by atoms with E-state index in [9.17, 15) is 4.79 Å². The molecule has 1 aliphatic rings. The number of fused-ring (bicyclic) bond motifs is 1. The monoisotopic (exact) mass is 325 g/mol. The average Bonchev–Trinajstić information content (AvgIpc) is 3.11. The third-order valence-corrected chi connectivity index (χ3v) is 4.75. The van der Waals surface area contributed by atoms with Crippen LogP contribution in [0.4, 0.5) is 0 Å². The van der Waals surface area contributed by atoms with Gasteiger partial charge in [0.2, 0.25) is 5.91 Å². The fourth-order valence-corrected chi connectivity index (χ4v) is 3.46. The van der Waals surface area contributed by atoms with Gasteiger partial charge in [-0.3, -0.25) is 4.79 Å². The van der Waals surface area contributed by atoms with Gasteiger partial charge in [0.1, 0.15) is 5.01 Å². The highest BCUT2D eigenvalue weighted by Gasteiger charge is 2.15. The molecule has 1 saturated heterocycles. The zero-order valence-corrected chi connectivity index (χ0v) is 13.4. The van der Waals surface area contributed by atoms with E-state index in [0.29, 0.717) is 18.9 Å². The van der Waals surface area contributed by atoms with E-state index >= 15 is 0 Å². The first-order chi connectivity index (χ1) is 9.81. The highest BCUT2D eigenvalue weighted by Crippen LogP contribution is 2.21. The smallest absolute Gasteiger partial charge is 0.220 e. The summed E-state index contributed by atoms with van der Waals surface area (Å²) in [7, 11) is 0. The fraction of sp³-hybridized carbons (Fsp3) is 0.467. The van der Waals surface area contributed by atoms with Gasteiger partial charge in [-0.05, 0) is 44.0 Å². The number of nitrogens with one attached hydrogen (secondary N) is 2. The summed E-state index contributed by atoms with van der Waals surface area (Å²) in [6.07, 6.45) is 2.81. The summed E-state index contributed by atoms with van der Waals surface area (Å²) in [5.74, 6) is 0.805. The van der Waals surface area contributed by atoms with Crippen LogP contribution in [0.5, 0.6) is 0 Å². The first kappa shape index (κ1) is 16.2. The molecule has 1 aromatic heterocycles. The first-order valence-corrected chi connectivity index (χ1v) is 7.95. The summed E-state index contributed by atoms with van der Waals surface area (Å²) in [6.45, 7) is 2.70. The molecule has 6 heteroatoms. The van der Waals surface area contributed by atoms with Crippen LogP contribution in [0.1, 0.15) is 24.3 Å². The number of aromatic nitrogens is 1. The van der Waals surface area contributed by atoms with E-state index in [-0.39, 0.29) is 18.3 Å². The number of carbonyl (C=O) groups excluding carboxylic acids is 1. The number of para-hydroxylation sites is 1. The van der Waals surface area contributed by atoms with Crippen molar-refractivity contribution < 1.29 is 4.79 Å². The molecule has 1 aliphatic heterocycles. The molecule has 0 aliphatic carbocycles. The van der Waals surface area contributed by atoms with E-state index < -0.39 is 0 Å².